The minimum Gasteiger partial charge on any atom is -0.507 e. The van der Waals surface area contributed by atoms with Gasteiger partial charge in [-0.15, -0.1) is 12.4 Å². The van der Waals surface area contributed by atoms with E-state index in [-0.39, 0.29) is 35.1 Å². The maximum absolute atomic E-state index is 13.0. The van der Waals surface area contributed by atoms with Crippen molar-refractivity contribution in [2.45, 2.75) is 13.5 Å². The summed E-state index contributed by atoms with van der Waals surface area (Å²) in [6, 6.07) is 8.35. The Kier molecular flexibility index (Phi) is 5.90. The average molecular weight is 380 g/mol. The molecule has 2 aromatic carbocycles. The van der Waals surface area contributed by atoms with Gasteiger partial charge >= 0.3 is 0 Å². The van der Waals surface area contributed by atoms with Crippen molar-refractivity contribution in [2.24, 2.45) is 0 Å². The van der Waals surface area contributed by atoms with Crippen molar-refractivity contribution in [1.29, 1.82) is 0 Å². The van der Waals surface area contributed by atoms with Gasteiger partial charge in [0.05, 0.1) is 10.9 Å². The molecular formula is C19H19ClFNO4. The zero-order valence-corrected chi connectivity index (χ0v) is 15.4. The third-order valence-electron chi connectivity index (χ3n) is 3.77. The monoisotopic (exact) mass is 379 g/mol. The number of nitrogens with zero attached hydrogens (tertiary/aromatic N) is 1. The quantitative estimate of drug-likeness (QED) is 0.735. The second-order valence-corrected chi connectivity index (χ2v) is 6.05. The normalized spacial score (nSPS) is 10.8. The molecule has 1 heterocycles. The molecule has 138 valence electrons. The SMILES string of the molecule is Cc1oc2c(CN(C)C)c(O)ccc2c(=O)c1Oc1ccc(F)cc1.Cl. The van der Waals surface area contributed by atoms with E-state index in [0.29, 0.717) is 28.8 Å². The Morgan fingerprint density at radius 3 is 2.42 bits per heavy atom. The predicted molar refractivity (Wildman–Crippen MR) is 100.0 cm³/mol. The van der Waals surface area contributed by atoms with Crippen LogP contribution in [0, 0.1) is 12.7 Å². The molecule has 0 aliphatic carbocycles. The van der Waals surface area contributed by atoms with Crippen LogP contribution in [0.25, 0.3) is 11.0 Å². The molecule has 26 heavy (non-hydrogen) atoms. The fourth-order valence-electron chi connectivity index (χ4n) is 2.60. The van der Waals surface area contributed by atoms with Crippen LogP contribution >= 0.6 is 12.4 Å². The fourth-order valence-corrected chi connectivity index (χ4v) is 2.60. The van der Waals surface area contributed by atoms with Crippen LogP contribution in [0.3, 0.4) is 0 Å². The van der Waals surface area contributed by atoms with Crippen molar-refractivity contribution in [2.75, 3.05) is 14.1 Å². The number of halogens is 2. The number of phenolic OH excluding ortho intramolecular Hbond substituents is 1. The topological polar surface area (TPSA) is 62.9 Å². The average Bonchev–Trinajstić information content (AvgIpc) is 2.56. The van der Waals surface area contributed by atoms with E-state index >= 15 is 0 Å². The molecule has 0 bridgehead atoms. The lowest BCUT2D eigenvalue weighted by atomic mass is 10.1. The van der Waals surface area contributed by atoms with Crippen LogP contribution in [0.1, 0.15) is 11.3 Å². The van der Waals surface area contributed by atoms with Crippen LogP contribution in [0.2, 0.25) is 0 Å². The van der Waals surface area contributed by atoms with Crippen LogP contribution in [-0.2, 0) is 6.54 Å². The van der Waals surface area contributed by atoms with Gasteiger partial charge in [0.1, 0.15) is 28.7 Å². The van der Waals surface area contributed by atoms with Gasteiger partial charge in [0.2, 0.25) is 11.2 Å². The summed E-state index contributed by atoms with van der Waals surface area (Å²) in [5.74, 6) is 0.339. The molecule has 0 spiro atoms. The number of aromatic hydroxyl groups is 1. The molecule has 0 aliphatic rings. The third kappa shape index (κ3) is 3.81. The first-order chi connectivity index (χ1) is 11.9. The van der Waals surface area contributed by atoms with Gasteiger partial charge in [0, 0.05) is 6.54 Å². The van der Waals surface area contributed by atoms with Gasteiger partial charge in [0.15, 0.2) is 0 Å². The van der Waals surface area contributed by atoms with Gasteiger partial charge in [0.25, 0.3) is 0 Å². The number of benzene rings is 2. The zero-order chi connectivity index (χ0) is 18.1. The molecule has 1 aromatic heterocycles. The van der Waals surface area contributed by atoms with E-state index in [1.165, 1.54) is 36.4 Å². The van der Waals surface area contributed by atoms with E-state index in [0.717, 1.165) is 0 Å². The molecule has 0 unspecified atom stereocenters. The molecule has 0 saturated carbocycles. The van der Waals surface area contributed by atoms with Gasteiger partial charge < -0.3 is 19.2 Å². The molecule has 0 atom stereocenters. The van der Waals surface area contributed by atoms with Gasteiger partial charge in [-0.3, -0.25) is 4.79 Å². The van der Waals surface area contributed by atoms with Crippen LogP contribution in [0.5, 0.6) is 17.2 Å². The summed E-state index contributed by atoms with van der Waals surface area (Å²) in [7, 11) is 3.71. The fraction of sp³-hybridized carbons (Fsp3) is 0.211. The van der Waals surface area contributed by atoms with Crippen molar-refractivity contribution < 1.29 is 18.7 Å². The Morgan fingerprint density at radius 2 is 1.81 bits per heavy atom. The van der Waals surface area contributed by atoms with Crippen molar-refractivity contribution in [1.82, 2.24) is 4.90 Å². The van der Waals surface area contributed by atoms with Gasteiger partial charge in [-0.25, -0.2) is 4.39 Å². The highest BCUT2D eigenvalue weighted by Gasteiger charge is 2.18. The molecule has 0 aliphatic heterocycles. The lowest BCUT2D eigenvalue weighted by Crippen LogP contribution is -2.13. The molecular weight excluding hydrogens is 361 g/mol. The first-order valence-electron chi connectivity index (χ1n) is 7.73. The standard InChI is InChI=1S/C19H18FNO4.ClH/c1-11-18(25-13-6-4-12(20)5-7-13)17(23)14-8-9-16(22)15(10-21(2)3)19(14)24-11;/h4-9,22H,10H2,1-3H3;1H. The highest BCUT2D eigenvalue weighted by molar-refractivity contribution is 5.85. The number of aryl methyl sites for hydroxylation is 1. The summed E-state index contributed by atoms with van der Waals surface area (Å²) in [6.45, 7) is 2.03. The van der Waals surface area contributed by atoms with E-state index in [9.17, 15) is 14.3 Å². The summed E-state index contributed by atoms with van der Waals surface area (Å²) >= 11 is 0. The molecule has 3 rings (SSSR count). The Balaban J connectivity index is 0.00000243. The minimum atomic E-state index is -0.390. The number of hydrogen-bond acceptors (Lipinski definition) is 5. The van der Waals surface area contributed by atoms with Gasteiger partial charge in [-0.1, -0.05) is 0 Å². The largest absolute Gasteiger partial charge is 0.507 e. The molecule has 0 fully saturated rings. The van der Waals surface area contributed by atoms with Crippen molar-refractivity contribution in [3.05, 3.63) is 63.8 Å². The Labute approximate surface area is 156 Å². The van der Waals surface area contributed by atoms with E-state index in [1.54, 1.807) is 6.92 Å². The summed E-state index contributed by atoms with van der Waals surface area (Å²) in [4.78, 5) is 14.7. The van der Waals surface area contributed by atoms with E-state index in [2.05, 4.69) is 0 Å². The molecule has 0 saturated heterocycles. The molecule has 1 N–H and O–H groups in total. The van der Waals surface area contributed by atoms with Crippen LogP contribution in [-0.4, -0.2) is 24.1 Å². The second kappa shape index (κ2) is 7.76. The Bertz CT molecular complexity index is 983. The molecule has 0 radical (unpaired) electrons. The molecule has 7 heteroatoms. The smallest absolute Gasteiger partial charge is 0.235 e. The summed E-state index contributed by atoms with van der Waals surface area (Å²) in [6.07, 6.45) is 0. The third-order valence-corrected chi connectivity index (χ3v) is 3.77. The summed E-state index contributed by atoms with van der Waals surface area (Å²) in [5, 5.41) is 10.4. The highest BCUT2D eigenvalue weighted by atomic mass is 35.5. The second-order valence-electron chi connectivity index (χ2n) is 6.05. The maximum atomic E-state index is 13.0. The Morgan fingerprint density at radius 1 is 1.15 bits per heavy atom. The highest BCUT2D eigenvalue weighted by Crippen LogP contribution is 2.31. The predicted octanol–water partition coefficient (Wildman–Crippen LogP) is 4.22. The van der Waals surface area contributed by atoms with Crippen molar-refractivity contribution in [3.8, 4) is 17.2 Å². The van der Waals surface area contributed by atoms with Crippen LogP contribution < -0.4 is 10.2 Å². The number of fused-ring (bicyclic) bond motifs is 1. The van der Waals surface area contributed by atoms with Crippen molar-refractivity contribution in [3.63, 3.8) is 0 Å². The van der Waals surface area contributed by atoms with Crippen LogP contribution in [0.15, 0.2) is 45.6 Å². The summed E-state index contributed by atoms with van der Waals surface area (Å²) < 4.78 is 24.4. The van der Waals surface area contributed by atoms with E-state index in [1.807, 2.05) is 19.0 Å². The minimum absolute atomic E-state index is 0. The number of ether oxygens (including phenoxy) is 1. The van der Waals surface area contributed by atoms with Gasteiger partial charge in [-0.2, -0.15) is 0 Å². The molecule has 5 nitrogen and oxygen atoms in total. The number of rotatable bonds is 4. The first-order valence-corrected chi connectivity index (χ1v) is 7.73. The molecule has 0 amide bonds. The van der Waals surface area contributed by atoms with Crippen molar-refractivity contribution >= 4 is 23.4 Å². The lowest BCUT2D eigenvalue weighted by Gasteiger charge is -2.14. The molecule has 3 aromatic rings. The zero-order valence-electron chi connectivity index (χ0n) is 14.6. The number of hydrogen-bond donors (Lipinski definition) is 1. The lowest BCUT2D eigenvalue weighted by molar-refractivity contribution is 0.381. The summed E-state index contributed by atoms with van der Waals surface area (Å²) in [5.41, 5.74) is 0.529. The van der Waals surface area contributed by atoms with E-state index in [4.69, 9.17) is 9.15 Å². The first kappa shape index (κ1) is 19.8. The van der Waals surface area contributed by atoms with E-state index < -0.39 is 5.82 Å². The Hall–Kier alpha value is -2.57. The van der Waals surface area contributed by atoms with Crippen LogP contribution in [0.4, 0.5) is 4.39 Å². The van der Waals surface area contributed by atoms with Gasteiger partial charge in [-0.05, 0) is 57.4 Å². The maximum Gasteiger partial charge on any atom is 0.235 e. The number of phenols is 1.